The average Bonchev–Trinajstić information content (AvgIpc) is 2.23. The summed E-state index contributed by atoms with van der Waals surface area (Å²) in [5.74, 6) is 0.455. The molecule has 17 heavy (non-hydrogen) atoms. The molecule has 0 amide bonds. The molecule has 0 aliphatic carbocycles. The minimum absolute atomic E-state index is 0. The lowest BCUT2D eigenvalue weighted by molar-refractivity contribution is 0.287. The third-order valence-corrected chi connectivity index (χ3v) is 2.14. The molecule has 0 aliphatic rings. The van der Waals surface area contributed by atoms with E-state index in [1.54, 1.807) is 4.90 Å². The molecule has 0 radical (unpaired) electrons. The van der Waals surface area contributed by atoms with Crippen LogP contribution in [-0.4, -0.2) is 38.8 Å². The van der Waals surface area contributed by atoms with Gasteiger partial charge in [-0.15, -0.1) is 0 Å². The maximum absolute atomic E-state index is 9.20. The summed E-state index contributed by atoms with van der Waals surface area (Å²) in [5, 5.41) is 9.20. The predicted octanol–water partition coefficient (Wildman–Crippen LogP) is -0.842. The van der Waals surface area contributed by atoms with E-state index in [1.165, 1.54) is 0 Å². The van der Waals surface area contributed by atoms with Gasteiger partial charge in [-0.05, 0) is 6.42 Å². The Bertz CT molecular complexity index is 315. The molecule has 1 rings (SSSR count). The Morgan fingerprint density at radius 3 is 2.18 bits per heavy atom. The first-order valence-corrected chi connectivity index (χ1v) is 5.30. The molecule has 0 unspecified atom stereocenters. The molecule has 0 saturated carbocycles. The van der Waals surface area contributed by atoms with E-state index in [1.807, 2.05) is 0 Å². The molecule has 0 spiro atoms. The number of hydrogen-bond donors (Lipinski definition) is 3. The highest BCUT2D eigenvalue weighted by Gasteiger charge is 2.10. The first-order valence-electron chi connectivity index (χ1n) is 5.30. The molecule has 0 atom stereocenters. The van der Waals surface area contributed by atoms with Crippen LogP contribution in [0.25, 0.3) is 0 Å². The van der Waals surface area contributed by atoms with Crippen molar-refractivity contribution in [3.63, 3.8) is 0 Å². The van der Waals surface area contributed by atoms with Crippen molar-refractivity contribution in [3.8, 4) is 0 Å². The van der Waals surface area contributed by atoms with Crippen LogP contribution in [0.2, 0.25) is 0 Å². The van der Waals surface area contributed by atoms with Gasteiger partial charge in [-0.1, -0.05) is 19.8 Å². The lowest BCUT2D eigenvalue weighted by Gasteiger charge is -2.19. The maximum Gasteiger partial charge on any atom is 0.233 e. The number of hydrogen-bond acceptors (Lipinski definition) is 7. The van der Waals surface area contributed by atoms with E-state index in [0.29, 0.717) is 12.5 Å². The van der Waals surface area contributed by atoms with Gasteiger partial charge in [0.05, 0.1) is 0 Å². The Morgan fingerprint density at radius 2 is 1.71 bits per heavy atom. The van der Waals surface area contributed by atoms with Crippen molar-refractivity contribution in [1.82, 2.24) is 15.0 Å². The zero-order valence-corrected chi connectivity index (χ0v) is 9.93. The smallest absolute Gasteiger partial charge is 0.233 e. The average molecular weight is 244 g/mol. The van der Waals surface area contributed by atoms with E-state index < -0.39 is 0 Å². The fourth-order valence-electron chi connectivity index (χ4n) is 1.33. The Balaban J connectivity index is 0.00000256. The number of aromatic nitrogens is 3. The van der Waals surface area contributed by atoms with Crippen LogP contribution in [0.5, 0.6) is 0 Å². The fraction of sp³-hybridized carbons (Fsp3) is 0.667. The quantitative estimate of drug-likeness (QED) is 0.436. The van der Waals surface area contributed by atoms with Crippen molar-refractivity contribution in [2.45, 2.75) is 26.2 Å². The Labute approximate surface area is 100.0 Å². The van der Waals surface area contributed by atoms with E-state index in [2.05, 4.69) is 21.9 Å². The Morgan fingerprint density at radius 1 is 1.12 bits per heavy atom. The van der Waals surface area contributed by atoms with Crippen molar-refractivity contribution in [2.24, 2.45) is 0 Å². The normalized spacial score (nSPS) is 9.76. The van der Waals surface area contributed by atoms with E-state index in [4.69, 9.17) is 11.5 Å². The Hall–Kier alpha value is -1.67. The summed E-state index contributed by atoms with van der Waals surface area (Å²) in [7, 11) is 0. The molecular weight excluding hydrogens is 224 g/mol. The highest BCUT2D eigenvalue weighted by atomic mass is 16.3. The highest BCUT2D eigenvalue weighted by Crippen LogP contribution is 2.10. The maximum atomic E-state index is 9.20. The van der Waals surface area contributed by atoms with Gasteiger partial charge >= 0.3 is 0 Å². The fourth-order valence-corrected chi connectivity index (χ4v) is 1.33. The van der Waals surface area contributed by atoms with E-state index in [0.717, 1.165) is 19.3 Å². The van der Waals surface area contributed by atoms with Crippen LogP contribution in [-0.2, 0) is 0 Å². The lowest BCUT2D eigenvalue weighted by Crippen LogP contribution is -2.28. The van der Waals surface area contributed by atoms with Crippen LogP contribution in [0, 0.1) is 0 Å². The molecular formula is C9H20N6O2. The number of anilines is 3. The van der Waals surface area contributed by atoms with Gasteiger partial charge in [0.1, 0.15) is 6.73 Å². The molecule has 0 aromatic carbocycles. The van der Waals surface area contributed by atoms with Gasteiger partial charge in [0.25, 0.3) is 0 Å². The molecule has 8 heteroatoms. The molecule has 1 aromatic heterocycles. The first kappa shape index (κ1) is 15.3. The van der Waals surface area contributed by atoms with Crippen molar-refractivity contribution in [1.29, 1.82) is 0 Å². The van der Waals surface area contributed by atoms with Crippen molar-refractivity contribution >= 4 is 17.8 Å². The minimum atomic E-state index is -0.160. The van der Waals surface area contributed by atoms with Gasteiger partial charge in [0, 0.05) is 6.54 Å². The number of nitrogens with zero attached hydrogens (tertiary/aromatic N) is 4. The largest absolute Gasteiger partial charge is 0.412 e. The summed E-state index contributed by atoms with van der Waals surface area (Å²) in [6, 6.07) is 0. The van der Waals surface area contributed by atoms with Gasteiger partial charge in [-0.3, -0.25) is 0 Å². The molecule has 0 aliphatic heterocycles. The first-order chi connectivity index (χ1) is 7.67. The summed E-state index contributed by atoms with van der Waals surface area (Å²) >= 11 is 0. The van der Waals surface area contributed by atoms with Crippen LogP contribution in [0.3, 0.4) is 0 Å². The summed E-state index contributed by atoms with van der Waals surface area (Å²) in [6.45, 7) is 2.63. The molecule has 7 N–H and O–H groups in total. The second kappa shape index (κ2) is 7.58. The summed E-state index contributed by atoms with van der Waals surface area (Å²) in [4.78, 5) is 13.1. The van der Waals surface area contributed by atoms with Crippen molar-refractivity contribution in [3.05, 3.63) is 0 Å². The molecule has 98 valence electrons. The highest BCUT2D eigenvalue weighted by molar-refractivity contribution is 5.39. The minimum Gasteiger partial charge on any atom is -0.412 e. The zero-order valence-electron chi connectivity index (χ0n) is 9.93. The van der Waals surface area contributed by atoms with Crippen LogP contribution in [0.4, 0.5) is 17.8 Å². The van der Waals surface area contributed by atoms with E-state index in [-0.39, 0.29) is 24.1 Å². The Kier molecular flexibility index (Phi) is 6.83. The van der Waals surface area contributed by atoms with Crippen LogP contribution in [0.15, 0.2) is 0 Å². The van der Waals surface area contributed by atoms with Crippen molar-refractivity contribution < 1.29 is 10.6 Å². The monoisotopic (exact) mass is 244 g/mol. The zero-order chi connectivity index (χ0) is 12.0. The van der Waals surface area contributed by atoms with Crippen LogP contribution < -0.4 is 16.4 Å². The van der Waals surface area contributed by atoms with Gasteiger partial charge in [0.15, 0.2) is 0 Å². The second-order valence-electron chi connectivity index (χ2n) is 3.46. The number of aliphatic hydroxyl groups is 1. The number of rotatable bonds is 6. The summed E-state index contributed by atoms with van der Waals surface area (Å²) < 4.78 is 0. The van der Waals surface area contributed by atoms with Gasteiger partial charge in [-0.2, -0.15) is 15.0 Å². The number of nitrogens with two attached hydrogens (primary N) is 2. The van der Waals surface area contributed by atoms with Gasteiger partial charge in [0.2, 0.25) is 17.8 Å². The molecule has 0 saturated heterocycles. The molecule has 1 heterocycles. The van der Waals surface area contributed by atoms with E-state index >= 15 is 0 Å². The van der Waals surface area contributed by atoms with Crippen LogP contribution in [0.1, 0.15) is 26.2 Å². The summed E-state index contributed by atoms with van der Waals surface area (Å²) in [6.07, 6.45) is 3.16. The third kappa shape index (κ3) is 4.79. The van der Waals surface area contributed by atoms with Gasteiger partial charge < -0.3 is 26.9 Å². The topological polar surface area (TPSA) is 146 Å². The third-order valence-electron chi connectivity index (χ3n) is 2.14. The van der Waals surface area contributed by atoms with Crippen molar-refractivity contribution in [2.75, 3.05) is 29.6 Å². The molecule has 8 nitrogen and oxygen atoms in total. The number of unbranched alkanes of at least 4 members (excludes halogenated alkanes) is 2. The number of aliphatic hydroxyl groups excluding tert-OH is 1. The lowest BCUT2D eigenvalue weighted by atomic mass is 10.2. The standard InChI is InChI=1S/C9H18N6O.H2O/c1-2-3-4-5-15(6-16)9-13-7(10)12-8(11)14-9;/h16H,2-6H2,1H3,(H4,10,11,12,13,14);1H2. The second-order valence-corrected chi connectivity index (χ2v) is 3.46. The molecule has 1 aromatic rings. The molecule has 0 bridgehead atoms. The predicted molar refractivity (Wildman–Crippen MR) is 66.2 cm³/mol. The molecule has 0 fully saturated rings. The van der Waals surface area contributed by atoms with Crippen LogP contribution >= 0.6 is 0 Å². The summed E-state index contributed by atoms with van der Waals surface area (Å²) in [5.41, 5.74) is 10.9. The SMILES string of the molecule is CCCCCN(CO)c1nc(N)nc(N)n1.O. The van der Waals surface area contributed by atoms with Gasteiger partial charge in [-0.25, -0.2) is 0 Å². The van der Waals surface area contributed by atoms with E-state index in [9.17, 15) is 5.11 Å². The number of nitrogen functional groups attached to an aromatic ring is 2.